The molecule has 0 spiro atoms. The highest BCUT2D eigenvalue weighted by Gasteiger charge is 2.26. The molecule has 49 heavy (non-hydrogen) atoms. The second-order valence-electron chi connectivity index (χ2n) is 12.5. The zero-order valence-electron chi connectivity index (χ0n) is 26.1. The van der Waals surface area contributed by atoms with E-state index < -0.39 is 0 Å². The first-order valence-electron chi connectivity index (χ1n) is 16.4. The lowest BCUT2D eigenvalue weighted by Gasteiger charge is -2.12. The summed E-state index contributed by atoms with van der Waals surface area (Å²) in [7, 11) is 0. The first-order chi connectivity index (χ1) is 24.3. The van der Waals surface area contributed by atoms with Crippen LogP contribution in [0.1, 0.15) is 0 Å². The van der Waals surface area contributed by atoms with Crippen LogP contribution in [0.3, 0.4) is 0 Å². The van der Waals surface area contributed by atoms with Gasteiger partial charge in [-0.05, 0) is 42.5 Å². The molecule has 0 aliphatic rings. The standard InChI is InChI=1S/C44H25N3O2/c1-2-12-26(13-3-1)40-41(46-33-18-8-7-17-32(33)45-40)27-22-24-28(25-23-27)47-34-19-9-4-14-29(34)37-38-30-15-5-10-20-35(30)48-43(38)39-31-16-6-11-21-36(31)49-44(39)42(37)47/h1-25H. The Hall–Kier alpha value is -6.72. The van der Waals surface area contributed by atoms with Crippen molar-refractivity contribution in [3.8, 4) is 28.2 Å². The Balaban J connectivity index is 1.22. The van der Waals surface area contributed by atoms with E-state index in [2.05, 4.69) is 89.5 Å². The number of aromatic nitrogens is 3. The third-order valence-electron chi connectivity index (χ3n) is 9.77. The molecule has 0 amide bonds. The minimum atomic E-state index is 0.815. The van der Waals surface area contributed by atoms with E-state index in [0.29, 0.717) is 0 Å². The van der Waals surface area contributed by atoms with E-state index in [9.17, 15) is 0 Å². The minimum Gasteiger partial charge on any atom is -0.455 e. The molecule has 0 atom stereocenters. The second-order valence-corrected chi connectivity index (χ2v) is 12.5. The number of para-hydroxylation sites is 5. The molecule has 11 rings (SSSR count). The Morgan fingerprint density at radius 1 is 0.408 bits per heavy atom. The molecule has 5 heteroatoms. The summed E-state index contributed by atoms with van der Waals surface area (Å²) in [5.41, 5.74) is 12.0. The van der Waals surface area contributed by atoms with Crippen molar-refractivity contribution >= 4 is 76.7 Å². The van der Waals surface area contributed by atoms with Crippen molar-refractivity contribution < 1.29 is 8.83 Å². The molecule has 228 valence electrons. The topological polar surface area (TPSA) is 57.0 Å². The highest BCUT2D eigenvalue weighted by Crippen LogP contribution is 2.48. The molecule has 0 radical (unpaired) electrons. The maximum Gasteiger partial charge on any atom is 0.163 e. The molecular weight excluding hydrogens is 603 g/mol. The molecule has 0 bridgehead atoms. The minimum absolute atomic E-state index is 0.815. The molecule has 0 saturated heterocycles. The van der Waals surface area contributed by atoms with Gasteiger partial charge in [-0.3, -0.25) is 0 Å². The predicted octanol–water partition coefficient (Wildman–Crippen LogP) is 11.9. The van der Waals surface area contributed by atoms with Crippen LogP contribution in [0, 0.1) is 0 Å². The molecule has 0 fully saturated rings. The number of benzene rings is 7. The van der Waals surface area contributed by atoms with Crippen molar-refractivity contribution in [1.29, 1.82) is 0 Å². The summed E-state index contributed by atoms with van der Waals surface area (Å²) in [6.45, 7) is 0. The number of fused-ring (bicyclic) bond motifs is 13. The number of hydrogen-bond acceptors (Lipinski definition) is 4. The van der Waals surface area contributed by atoms with Crippen LogP contribution >= 0.6 is 0 Å². The van der Waals surface area contributed by atoms with Crippen LogP contribution in [0.15, 0.2) is 160 Å². The van der Waals surface area contributed by atoms with Crippen LogP contribution < -0.4 is 0 Å². The summed E-state index contributed by atoms with van der Waals surface area (Å²) in [5.74, 6) is 0. The van der Waals surface area contributed by atoms with Crippen LogP contribution in [0.25, 0.3) is 105 Å². The quantitative estimate of drug-likeness (QED) is 0.196. The summed E-state index contributed by atoms with van der Waals surface area (Å²) in [4.78, 5) is 10.2. The van der Waals surface area contributed by atoms with Crippen molar-refractivity contribution in [2.45, 2.75) is 0 Å². The summed E-state index contributed by atoms with van der Waals surface area (Å²) in [6.07, 6.45) is 0. The Kier molecular flexibility index (Phi) is 5.32. The fourth-order valence-corrected chi connectivity index (χ4v) is 7.65. The van der Waals surface area contributed by atoms with Crippen molar-refractivity contribution in [3.05, 3.63) is 152 Å². The van der Waals surface area contributed by atoms with Crippen LogP contribution in [0.2, 0.25) is 0 Å². The van der Waals surface area contributed by atoms with E-state index in [1.807, 2.05) is 66.7 Å². The molecule has 0 saturated carbocycles. The van der Waals surface area contributed by atoms with Gasteiger partial charge in [0.25, 0.3) is 0 Å². The van der Waals surface area contributed by atoms with Crippen LogP contribution in [0.5, 0.6) is 0 Å². The summed E-state index contributed by atoms with van der Waals surface area (Å²) >= 11 is 0. The fourth-order valence-electron chi connectivity index (χ4n) is 7.65. The zero-order chi connectivity index (χ0) is 32.1. The van der Waals surface area contributed by atoms with Gasteiger partial charge in [0, 0.05) is 43.7 Å². The average Bonchev–Trinajstić information content (AvgIpc) is 3.84. The van der Waals surface area contributed by atoms with E-state index >= 15 is 0 Å². The van der Waals surface area contributed by atoms with Crippen molar-refractivity contribution in [2.75, 3.05) is 0 Å². The van der Waals surface area contributed by atoms with Crippen molar-refractivity contribution in [2.24, 2.45) is 0 Å². The monoisotopic (exact) mass is 627 g/mol. The summed E-state index contributed by atoms with van der Waals surface area (Å²) < 4.78 is 15.8. The molecule has 0 N–H and O–H groups in total. The van der Waals surface area contributed by atoms with Crippen LogP contribution in [-0.4, -0.2) is 14.5 Å². The normalized spacial score (nSPS) is 12.1. The molecule has 0 aliphatic carbocycles. The van der Waals surface area contributed by atoms with Gasteiger partial charge >= 0.3 is 0 Å². The largest absolute Gasteiger partial charge is 0.455 e. The third kappa shape index (κ3) is 3.70. The van der Waals surface area contributed by atoms with Crippen LogP contribution in [-0.2, 0) is 0 Å². The summed E-state index contributed by atoms with van der Waals surface area (Å²) in [6, 6.07) is 52.2. The highest BCUT2D eigenvalue weighted by molar-refractivity contribution is 6.38. The Morgan fingerprint density at radius 2 is 0.939 bits per heavy atom. The first-order valence-corrected chi connectivity index (χ1v) is 16.4. The lowest BCUT2D eigenvalue weighted by atomic mass is 10.0. The smallest absolute Gasteiger partial charge is 0.163 e. The van der Waals surface area contributed by atoms with E-state index in [-0.39, 0.29) is 0 Å². The van der Waals surface area contributed by atoms with Gasteiger partial charge < -0.3 is 13.4 Å². The highest BCUT2D eigenvalue weighted by atomic mass is 16.3. The van der Waals surface area contributed by atoms with E-state index in [1.54, 1.807) is 0 Å². The first kappa shape index (κ1) is 26.4. The van der Waals surface area contributed by atoms with Gasteiger partial charge in [0.1, 0.15) is 16.7 Å². The molecule has 4 aromatic heterocycles. The Bertz CT molecular complexity index is 3090. The molecule has 4 heterocycles. The third-order valence-corrected chi connectivity index (χ3v) is 9.77. The Morgan fingerprint density at radius 3 is 1.63 bits per heavy atom. The average molecular weight is 628 g/mol. The van der Waals surface area contributed by atoms with Gasteiger partial charge in [-0.2, -0.15) is 0 Å². The predicted molar refractivity (Wildman–Crippen MR) is 199 cm³/mol. The molecule has 7 aromatic carbocycles. The van der Waals surface area contributed by atoms with Crippen molar-refractivity contribution in [1.82, 2.24) is 14.5 Å². The zero-order valence-corrected chi connectivity index (χ0v) is 26.1. The second kappa shape index (κ2) is 9.89. The maximum atomic E-state index is 6.76. The Labute approximate surface area is 279 Å². The molecule has 0 aliphatic heterocycles. The number of nitrogens with zero attached hydrogens (tertiary/aromatic N) is 3. The van der Waals surface area contributed by atoms with Gasteiger partial charge in [-0.25, -0.2) is 9.97 Å². The lowest BCUT2D eigenvalue weighted by Crippen LogP contribution is -1.97. The number of rotatable bonds is 3. The van der Waals surface area contributed by atoms with Gasteiger partial charge in [-0.1, -0.05) is 109 Å². The van der Waals surface area contributed by atoms with Gasteiger partial charge in [0.2, 0.25) is 0 Å². The number of furan rings is 2. The summed E-state index contributed by atoms with van der Waals surface area (Å²) in [5, 5.41) is 6.50. The molecule has 11 aromatic rings. The number of hydrogen-bond donors (Lipinski definition) is 0. The molecule has 5 nitrogen and oxygen atoms in total. The van der Waals surface area contributed by atoms with E-state index in [1.165, 1.54) is 0 Å². The van der Waals surface area contributed by atoms with E-state index in [4.69, 9.17) is 18.8 Å². The van der Waals surface area contributed by atoms with Gasteiger partial charge in [0.05, 0.1) is 38.8 Å². The molecular formula is C44H25N3O2. The fraction of sp³-hybridized carbons (Fsp3) is 0. The van der Waals surface area contributed by atoms with Crippen LogP contribution in [0.4, 0.5) is 0 Å². The van der Waals surface area contributed by atoms with E-state index in [0.717, 1.165) is 105 Å². The molecule has 0 unspecified atom stereocenters. The SMILES string of the molecule is c1ccc(-c2nc3ccccc3nc2-c2ccc(-n3c4ccccc4c4c5c6ccccc6oc5c5c6ccccc6oc5c43)cc2)cc1. The van der Waals surface area contributed by atoms with Gasteiger partial charge in [0.15, 0.2) is 5.58 Å². The van der Waals surface area contributed by atoms with Gasteiger partial charge in [-0.15, -0.1) is 0 Å². The van der Waals surface area contributed by atoms with Crippen molar-refractivity contribution in [3.63, 3.8) is 0 Å². The lowest BCUT2D eigenvalue weighted by molar-refractivity contribution is 0.664. The maximum absolute atomic E-state index is 6.76.